The summed E-state index contributed by atoms with van der Waals surface area (Å²) in [6.45, 7) is 14.6. The lowest BCUT2D eigenvalue weighted by Gasteiger charge is -2.47. The van der Waals surface area contributed by atoms with E-state index in [1.165, 1.54) is 6.92 Å². The van der Waals surface area contributed by atoms with Crippen molar-refractivity contribution in [3.8, 4) is 0 Å². The van der Waals surface area contributed by atoms with E-state index in [0.29, 0.717) is 6.61 Å². The van der Waals surface area contributed by atoms with Gasteiger partial charge in [-0.15, -0.1) is 0 Å². The summed E-state index contributed by atoms with van der Waals surface area (Å²) in [7, 11) is -0.411. The molecule has 0 spiro atoms. The summed E-state index contributed by atoms with van der Waals surface area (Å²) in [6.07, 6.45) is -1.67. The molecule has 0 bridgehead atoms. The van der Waals surface area contributed by atoms with Gasteiger partial charge in [0.05, 0.1) is 12.7 Å². The van der Waals surface area contributed by atoms with Gasteiger partial charge in [0.2, 0.25) is 5.91 Å². The Morgan fingerprint density at radius 1 is 1.00 bits per heavy atom. The molecule has 0 saturated carbocycles. The highest BCUT2D eigenvalue weighted by Crippen LogP contribution is 2.29. The first-order valence-electron chi connectivity index (χ1n) is 8.68. The highest BCUT2D eigenvalue weighted by atomic mass is 28.4. The van der Waals surface area contributed by atoms with Gasteiger partial charge in [-0.1, -0.05) is 0 Å². The van der Waals surface area contributed by atoms with E-state index in [4.69, 9.17) is 23.1 Å². The Kier molecular flexibility index (Phi) is 8.25. The zero-order valence-corrected chi connectivity index (χ0v) is 19.0. The zero-order chi connectivity index (χ0) is 19.4. The van der Waals surface area contributed by atoms with Crippen molar-refractivity contribution in [3.63, 3.8) is 0 Å². The van der Waals surface area contributed by atoms with E-state index in [-0.39, 0.29) is 24.2 Å². The maximum Gasteiger partial charge on any atom is 0.217 e. The van der Waals surface area contributed by atoms with E-state index >= 15 is 0 Å². The van der Waals surface area contributed by atoms with E-state index in [1.807, 2.05) is 0 Å². The number of carbonyl (C=O) groups excluding carboxylic acids is 1. The first-order chi connectivity index (χ1) is 11.4. The number of hydrogen-bond donors (Lipinski definition) is 1. The maximum absolute atomic E-state index is 11.7. The van der Waals surface area contributed by atoms with Gasteiger partial charge >= 0.3 is 0 Å². The van der Waals surface area contributed by atoms with Gasteiger partial charge < -0.3 is 28.4 Å². The molecular formula is C16H35NO6Si2. The largest absolute Gasteiger partial charge is 0.415 e. The summed E-state index contributed by atoms with van der Waals surface area (Å²) in [5, 5.41) is 2.91. The van der Waals surface area contributed by atoms with Crippen LogP contribution in [0.5, 0.6) is 0 Å². The SMILES string of the molecule is CO[C@H]1O[C@H](CO[Si](C)(C)C)[C@H](OC)[C@H](O[Si](C)(C)C)[C@H]1NC(C)=O. The van der Waals surface area contributed by atoms with Crippen LogP contribution in [0, 0.1) is 0 Å². The van der Waals surface area contributed by atoms with Crippen LogP contribution in [0.2, 0.25) is 39.3 Å². The van der Waals surface area contributed by atoms with Gasteiger partial charge in [-0.05, 0) is 39.3 Å². The number of methoxy groups -OCH3 is 2. The molecule has 1 amide bonds. The van der Waals surface area contributed by atoms with Crippen LogP contribution in [0.1, 0.15) is 6.92 Å². The Hall–Kier alpha value is -0.296. The zero-order valence-electron chi connectivity index (χ0n) is 17.0. The molecule has 0 aromatic heterocycles. The Morgan fingerprint density at radius 3 is 2.00 bits per heavy atom. The van der Waals surface area contributed by atoms with Gasteiger partial charge in [0.15, 0.2) is 22.9 Å². The number of hydrogen-bond acceptors (Lipinski definition) is 6. The van der Waals surface area contributed by atoms with Gasteiger partial charge in [0.25, 0.3) is 0 Å². The number of rotatable bonds is 8. The molecular weight excluding hydrogens is 358 g/mol. The number of carbonyl (C=O) groups is 1. The van der Waals surface area contributed by atoms with Crippen LogP contribution in [-0.2, 0) is 27.9 Å². The highest BCUT2D eigenvalue weighted by molar-refractivity contribution is 6.70. The molecule has 9 heteroatoms. The summed E-state index contributed by atoms with van der Waals surface area (Å²) in [4.78, 5) is 11.7. The minimum absolute atomic E-state index is 0.161. The molecule has 1 saturated heterocycles. The average molecular weight is 394 g/mol. The molecule has 1 aliphatic rings. The Balaban J connectivity index is 3.10. The van der Waals surface area contributed by atoms with E-state index in [1.54, 1.807) is 14.2 Å². The number of amides is 1. The normalized spacial score (nSPS) is 31.0. The highest BCUT2D eigenvalue weighted by Gasteiger charge is 2.49. The van der Waals surface area contributed by atoms with E-state index < -0.39 is 29.0 Å². The topological polar surface area (TPSA) is 75.2 Å². The molecule has 1 aliphatic heterocycles. The van der Waals surface area contributed by atoms with Gasteiger partial charge in [-0.2, -0.15) is 0 Å². The van der Waals surface area contributed by atoms with Crippen LogP contribution >= 0.6 is 0 Å². The monoisotopic (exact) mass is 393 g/mol. The molecule has 0 radical (unpaired) electrons. The lowest BCUT2D eigenvalue weighted by atomic mass is 9.96. The molecule has 0 aromatic rings. The van der Waals surface area contributed by atoms with Crippen LogP contribution in [0.25, 0.3) is 0 Å². The first-order valence-corrected chi connectivity index (χ1v) is 15.5. The lowest BCUT2D eigenvalue weighted by Crippen LogP contribution is -2.67. The molecule has 0 aromatic carbocycles. The molecule has 1 rings (SSSR count). The van der Waals surface area contributed by atoms with Crippen molar-refractivity contribution < 1.29 is 27.9 Å². The van der Waals surface area contributed by atoms with E-state index in [2.05, 4.69) is 44.6 Å². The fraction of sp³-hybridized carbons (Fsp3) is 0.938. The van der Waals surface area contributed by atoms with Crippen molar-refractivity contribution in [2.24, 2.45) is 0 Å². The lowest BCUT2D eigenvalue weighted by molar-refractivity contribution is -0.263. The molecule has 5 atom stereocenters. The van der Waals surface area contributed by atoms with Crippen LogP contribution in [0.15, 0.2) is 0 Å². The second-order valence-electron chi connectivity index (χ2n) is 8.32. The second-order valence-corrected chi connectivity index (χ2v) is 17.3. The third kappa shape index (κ3) is 7.45. The third-order valence-corrected chi connectivity index (χ3v) is 5.70. The van der Waals surface area contributed by atoms with Crippen molar-refractivity contribution in [1.82, 2.24) is 5.32 Å². The molecule has 25 heavy (non-hydrogen) atoms. The Bertz CT molecular complexity index is 437. The summed E-state index contributed by atoms with van der Waals surface area (Å²) >= 11 is 0. The van der Waals surface area contributed by atoms with Crippen LogP contribution < -0.4 is 5.32 Å². The van der Waals surface area contributed by atoms with Gasteiger partial charge in [0, 0.05) is 21.1 Å². The smallest absolute Gasteiger partial charge is 0.217 e. The van der Waals surface area contributed by atoms with Crippen molar-refractivity contribution in [3.05, 3.63) is 0 Å². The van der Waals surface area contributed by atoms with Gasteiger partial charge in [0.1, 0.15) is 18.2 Å². The predicted molar refractivity (Wildman–Crippen MR) is 102 cm³/mol. The van der Waals surface area contributed by atoms with Gasteiger partial charge in [-0.3, -0.25) is 4.79 Å². The summed E-state index contributed by atoms with van der Waals surface area (Å²) in [5.41, 5.74) is 0. The van der Waals surface area contributed by atoms with E-state index in [9.17, 15) is 4.79 Å². The molecule has 0 unspecified atom stereocenters. The number of nitrogens with one attached hydrogen (secondary N) is 1. The summed E-state index contributed by atoms with van der Waals surface area (Å²) < 4.78 is 29.7. The molecule has 7 nitrogen and oxygen atoms in total. The van der Waals surface area contributed by atoms with Crippen molar-refractivity contribution in [1.29, 1.82) is 0 Å². The molecule has 1 heterocycles. The first kappa shape index (κ1) is 22.7. The van der Waals surface area contributed by atoms with Crippen LogP contribution in [-0.4, -0.2) is 74.0 Å². The molecule has 1 N–H and O–H groups in total. The molecule has 148 valence electrons. The fourth-order valence-corrected chi connectivity index (χ4v) is 4.55. The van der Waals surface area contributed by atoms with Crippen molar-refractivity contribution in [2.45, 2.75) is 76.8 Å². The maximum atomic E-state index is 11.7. The quantitative estimate of drug-likeness (QED) is 0.635. The minimum Gasteiger partial charge on any atom is -0.415 e. The van der Waals surface area contributed by atoms with Gasteiger partial charge in [-0.25, -0.2) is 0 Å². The number of ether oxygens (including phenoxy) is 3. The van der Waals surface area contributed by atoms with Crippen LogP contribution in [0.4, 0.5) is 0 Å². The Labute approximate surface area is 153 Å². The van der Waals surface area contributed by atoms with Crippen LogP contribution in [0.3, 0.4) is 0 Å². The minimum atomic E-state index is -1.90. The fourth-order valence-electron chi connectivity index (χ4n) is 2.79. The molecule has 1 fully saturated rings. The predicted octanol–water partition coefficient (Wildman–Crippen LogP) is 1.95. The summed E-state index contributed by atoms with van der Waals surface area (Å²) in [6, 6.07) is -0.442. The second kappa shape index (κ2) is 9.07. The van der Waals surface area contributed by atoms with Crippen molar-refractivity contribution >= 4 is 22.5 Å². The van der Waals surface area contributed by atoms with E-state index in [0.717, 1.165) is 0 Å². The Morgan fingerprint density at radius 2 is 1.60 bits per heavy atom. The third-order valence-electron chi connectivity index (χ3n) is 3.69. The summed E-state index contributed by atoms with van der Waals surface area (Å²) in [5.74, 6) is -0.161. The standard InChI is InChI=1S/C16H35NO6Si2/c1-11(18)17-13-15(23-25(7,8)9)14(19-2)12(22-16(13)20-3)10-21-24(4,5)6/h12-16H,10H2,1-9H3,(H,17,18)/t12-,13-,14+,15-,16+/m1/s1. The molecule has 0 aliphatic carbocycles. The average Bonchev–Trinajstić information content (AvgIpc) is 2.44. The van der Waals surface area contributed by atoms with Crippen molar-refractivity contribution in [2.75, 3.05) is 20.8 Å².